The van der Waals surface area contributed by atoms with Crippen molar-refractivity contribution in [2.24, 2.45) is 0 Å². The predicted octanol–water partition coefficient (Wildman–Crippen LogP) is 3.75. The van der Waals surface area contributed by atoms with Crippen LogP contribution in [0.4, 0.5) is 11.8 Å². The van der Waals surface area contributed by atoms with Crippen molar-refractivity contribution in [3.05, 3.63) is 11.4 Å². The summed E-state index contributed by atoms with van der Waals surface area (Å²) >= 11 is 1.67. The Balaban J connectivity index is 2.26. The van der Waals surface area contributed by atoms with Gasteiger partial charge in [0.15, 0.2) is 0 Å². The van der Waals surface area contributed by atoms with Crippen molar-refractivity contribution in [1.29, 1.82) is 0 Å². The lowest BCUT2D eigenvalue weighted by molar-refractivity contribution is 0.702. The molecule has 0 unspecified atom stereocenters. The van der Waals surface area contributed by atoms with Crippen LogP contribution in [0.1, 0.15) is 33.1 Å². The van der Waals surface area contributed by atoms with Gasteiger partial charge in [-0.1, -0.05) is 19.8 Å². The first-order valence-electron chi connectivity index (χ1n) is 6.96. The maximum Gasteiger partial charge on any atom is 0.226 e. The number of nitrogens with zero attached hydrogens (tertiary/aromatic N) is 3. The van der Waals surface area contributed by atoms with Gasteiger partial charge in [0.25, 0.3) is 0 Å². The van der Waals surface area contributed by atoms with Crippen LogP contribution in [-0.2, 0) is 0 Å². The number of aromatic nitrogens is 2. The van der Waals surface area contributed by atoms with Crippen molar-refractivity contribution < 1.29 is 0 Å². The Kier molecular flexibility index (Phi) is 4.96. The summed E-state index contributed by atoms with van der Waals surface area (Å²) in [6, 6.07) is 2.11. The molecule has 2 heterocycles. The molecule has 2 aromatic rings. The molecular formula is C14H22N4S. The highest BCUT2D eigenvalue weighted by Crippen LogP contribution is 2.28. The van der Waals surface area contributed by atoms with Gasteiger partial charge in [0.2, 0.25) is 5.95 Å². The number of fused-ring (bicyclic) bond motifs is 1. The first-order chi connectivity index (χ1) is 9.26. The number of hydrogen-bond acceptors (Lipinski definition) is 5. The second kappa shape index (κ2) is 6.70. The lowest BCUT2D eigenvalue weighted by Gasteiger charge is -2.19. The van der Waals surface area contributed by atoms with E-state index in [9.17, 15) is 0 Å². The minimum Gasteiger partial charge on any atom is -0.359 e. The Morgan fingerprint density at radius 2 is 2.11 bits per heavy atom. The molecule has 2 rings (SSSR count). The Labute approximate surface area is 118 Å². The number of thiophene rings is 1. The molecule has 0 aliphatic heterocycles. The Hall–Kier alpha value is -1.36. The summed E-state index contributed by atoms with van der Waals surface area (Å²) in [6.07, 6.45) is 3.72. The van der Waals surface area contributed by atoms with Crippen LogP contribution in [-0.4, -0.2) is 30.1 Å². The molecule has 0 spiro atoms. The van der Waals surface area contributed by atoms with E-state index in [4.69, 9.17) is 0 Å². The Bertz CT molecular complexity index is 523. The fourth-order valence-electron chi connectivity index (χ4n) is 2.07. The van der Waals surface area contributed by atoms with Crippen molar-refractivity contribution >= 4 is 33.3 Å². The average molecular weight is 278 g/mol. The third-order valence-electron chi connectivity index (χ3n) is 3.10. The van der Waals surface area contributed by atoms with E-state index in [1.807, 2.05) is 0 Å². The molecule has 19 heavy (non-hydrogen) atoms. The van der Waals surface area contributed by atoms with Crippen LogP contribution in [0.3, 0.4) is 0 Å². The predicted molar refractivity (Wildman–Crippen MR) is 84.4 cm³/mol. The van der Waals surface area contributed by atoms with Crippen molar-refractivity contribution in [3.8, 4) is 0 Å². The largest absolute Gasteiger partial charge is 0.359 e. The molecule has 0 saturated heterocycles. The maximum atomic E-state index is 4.65. The van der Waals surface area contributed by atoms with Crippen LogP contribution in [0, 0.1) is 0 Å². The summed E-state index contributed by atoms with van der Waals surface area (Å²) in [5, 5.41) is 6.45. The monoisotopic (exact) mass is 278 g/mol. The number of nitrogens with one attached hydrogen (secondary N) is 1. The first-order valence-corrected chi connectivity index (χ1v) is 7.84. The second-order valence-corrected chi connectivity index (χ2v) is 5.56. The molecule has 0 saturated carbocycles. The molecule has 0 bridgehead atoms. The molecule has 0 aliphatic rings. The van der Waals surface area contributed by atoms with Crippen LogP contribution in [0.25, 0.3) is 10.2 Å². The van der Waals surface area contributed by atoms with Gasteiger partial charge in [0, 0.05) is 20.1 Å². The topological polar surface area (TPSA) is 41.1 Å². The second-order valence-electron chi connectivity index (χ2n) is 4.67. The van der Waals surface area contributed by atoms with Crippen molar-refractivity contribution in [2.75, 3.05) is 30.4 Å². The summed E-state index contributed by atoms with van der Waals surface area (Å²) < 4.78 is 0. The SMILES string of the molecule is CCCCCN(C)c1nc(NCC)nc2sccc12. The number of unbranched alkanes of at least 4 members (excludes halogenated alkanes) is 2. The summed E-state index contributed by atoms with van der Waals surface area (Å²) in [6.45, 7) is 6.18. The molecule has 2 aromatic heterocycles. The van der Waals surface area contributed by atoms with Crippen LogP contribution >= 0.6 is 11.3 Å². The van der Waals surface area contributed by atoms with Crippen LogP contribution < -0.4 is 10.2 Å². The van der Waals surface area contributed by atoms with E-state index >= 15 is 0 Å². The van der Waals surface area contributed by atoms with Crippen LogP contribution in [0.2, 0.25) is 0 Å². The van der Waals surface area contributed by atoms with Gasteiger partial charge in [-0.15, -0.1) is 11.3 Å². The average Bonchev–Trinajstić information content (AvgIpc) is 2.86. The van der Waals surface area contributed by atoms with Gasteiger partial charge in [-0.3, -0.25) is 0 Å². The molecule has 0 fully saturated rings. The summed E-state index contributed by atoms with van der Waals surface area (Å²) in [5.41, 5.74) is 0. The highest BCUT2D eigenvalue weighted by atomic mass is 32.1. The van der Waals surface area contributed by atoms with E-state index in [0.29, 0.717) is 0 Å². The minimum atomic E-state index is 0.731. The molecular weight excluding hydrogens is 256 g/mol. The van der Waals surface area contributed by atoms with Crippen molar-refractivity contribution in [1.82, 2.24) is 9.97 Å². The number of anilines is 2. The highest BCUT2D eigenvalue weighted by Gasteiger charge is 2.12. The van der Waals surface area contributed by atoms with Gasteiger partial charge in [-0.25, -0.2) is 4.98 Å². The number of hydrogen-bond donors (Lipinski definition) is 1. The molecule has 0 atom stereocenters. The molecule has 1 N–H and O–H groups in total. The zero-order valence-electron chi connectivity index (χ0n) is 11.9. The molecule has 104 valence electrons. The minimum absolute atomic E-state index is 0.731. The fraction of sp³-hybridized carbons (Fsp3) is 0.571. The van der Waals surface area contributed by atoms with Gasteiger partial charge < -0.3 is 10.2 Å². The summed E-state index contributed by atoms with van der Waals surface area (Å²) in [5.74, 6) is 1.77. The molecule has 0 aliphatic carbocycles. The standard InChI is InChI=1S/C14H22N4S/c1-4-6-7-9-18(3)12-11-8-10-19-13(11)17-14(16-12)15-5-2/h8,10H,4-7,9H2,1-3H3,(H,15,16,17). The molecule has 0 amide bonds. The van der Waals surface area contributed by atoms with Crippen molar-refractivity contribution in [2.45, 2.75) is 33.1 Å². The molecule has 0 aromatic carbocycles. The normalized spacial score (nSPS) is 10.9. The van der Waals surface area contributed by atoms with Crippen LogP contribution in [0.15, 0.2) is 11.4 Å². The van der Waals surface area contributed by atoms with E-state index in [2.05, 4.69) is 52.5 Å². The molecule has 4 nitrogen and oxygen atoms in total. The third-order valence-corrected chi connectivity index (χ3v) is 3.91. The lowest BCUT2D eigenvalue weighted by atomic mass is 10.2. The first kappa shape index (κ1) is 14.1. The molecule has 0 radical (unpaired) electrons. The Morgan fingerprint density at radius 1 is 1.26 bits per heavy atom. The van der Waals surface area contributed by atoms with Gasteiger partial charge in [0.05, 0.1) is 5.39 Å². The van der Waals surface area contributed by atoms with E-state index in [-0.39, 0.29) is 0 Å². The quantitative estimate of drug-likeness (QED) is 0.783. The summed E-state index contributed by atoms with van der Waals surface area (Å²) in [4.78, 5) is 12.5. The summed E-state index contributed by atoms with van der Waals surface area (Å²) in [7, 11) is 2.12. The highest BCUT2D eigenvalue weighted by molar-refractivity contribution is 7.16. The van der Waals surface area contributed by atoms with Gasteiger partial charge in [-0.2, -0.15) is 4.98 Å². The fourth-order valence-corrected chi connectivity index (χ4v) is 2.83. The van der Waals surface area contributed by atoms with E-state index in [0.717, 1.165) is 35.1 Å². The smallest absolute Gasteiger partial charge is 0.226 e. The van der Waals surface area contributed by atoms with Crippen LogP contribution in [0.5, 0.6) is 0 Å². The zero-order valence-corrected chi connectivity index (χ0v) is 12.8. The van der Waals surface area contributed by atoms with Gasteiger partial charge >= 0.3 is 0 Å². The van der Waals surface area contributed by atoms with Crippen molar-refractivity contribution in [3.63, 3.8) is 0 Å². The zero-order chi connectivity index (χ0) is 13.7. The number of rotatable bonds is 7. The van der Waals surface area contributed by atoms with E-state index in [1.54, 1.807) is 11.3 Å². The lowest BCUT2D eigenvalue weighted by Crippen LogP contribution is -2.20. The van der Waals surface area contributed by atoms with E-state index in [1.165, 1.54) is 19.3 Å². The maximum absolute atomic E-state index is 4.65. The third kappa shape index (κ3) is 3.35. The molecule has 5 heteroatoms. The van der Waals surface area contributed by atoms with E-state index < -0.39 is 0 Å². The van der Waals surface area contributed by atoms with Gasteiger partial charge in [-0.05, 0) is 24.8 Å². The Morgan fingerprint density at radius 3 is 2.84 bits per heavy atom. The van der Waals surface area contributed by atoms with Gasteiger partial charge in [0.1, 0.15) is 10.6 Å².